The number of nitrogens with zero attached hydrogens (tertiary/aromatic N) is 3. The van der Waals surface area contributed by atoms with Crippen molar-refractivity contribution >= 4 is 29.3 Å². The largest absolute Gasteiger partial charge is 0.465 e. The molecule has 1 amide bonds. The predicted molar refractivity (Wildman–Crippen MR) is 110 cm³/mol. The number of pyridine rings is 1. The van der Waals surface area contributed by atoms with Crippen LogP contribution in [0.5, 0.6) is 0 Å². The van der Waals surface area contributed by atoms with Gasteiger partial charge in [-0.1, -0.05) is 17.8 Å². The number of hydrogen-bond acceptors (Lipinski definition) is 6. The van der Waals surface area contributed by atoms with Crippen molar-refractivity contribution in [2.24, 2.45) is 0 Å². The minimum Gasteiger partial charge on any atom is -0.465 e. The van der Waals surface area contributed by atoms with Gasteiger partial charge in [-0.3, -0.25) is 9.59 Å². The summed E-state index contributed by atoms with van der Waals surface area (Å²) in [6.45, 7) is 4.60. The number of carbonyl (C=O) groups excluding carboxylic acids is 2. The van der Waals surface area contributed by atoms with Gasteiger partial charge >= 0.3 is 12.1 Å². The molecule has 0 unspecified atom stereocenters. The van der Waals surface area contributed by atoms with E-state index in [1.54, 1.807) is 26.8 Å². The molecule has 2 aromatic rings. The van der Waals surface area contributed by atoms with Crippen LogP contribution < -0.4 is 4.90 Å². The average molecular weight is 451 g/mol. The van der Waals surface area contributed by atoms with Crippen LogP contribution in [0.2, 0.25) is 0 Å². The number of thioether (sulfide) groups is 1. The lowest BCUT2D eigenvalue weighted by molar-refractivity contribution is -0.142. The fourth-order valence-electron chi connectivity index (χ4n) is 2.76. The number of rotatable bonds is 7. The van der Waals surface area contributed by atoms with Gasteiger partial charge in [0, 0.05) is 11.4 Å². The molecule has 0 spiro atoms. The number of anilines is 1. The molecule has 0 aliphatic heterocycles. The summed E-state index contributed by atoms with van der Waals surface area (Å²) < 4.78 is 44.2. The molecule has 0 aliphatic carbocycles. The summed E-state index contributed by atoms with van der Waals surface area (Å²) in [6, 6.07) is 7.93. The molecule has 6 nitrogen and oxygen atoms in total. The molecule has 0 aliphatic rings. The number of halogens is 3. The minimum atomic E-state index is -4.60. The van der Waals surface area contributed by atoms with Crippen LogP contribution in [0.25, 0.3) is 0 Å². The fraction of sp³-hybridized carbons (Fsp3) is 0.333. The second kappa shape index (κ2) is 10.3. The maximum atomic E-state index is 13.1. The summed E-state index contributed by atoms with van der Waals surface area (Å²) in [5.74, 6) is -1.61. The third-order valence-corrected chi connectivity index (χ3v) is 5.09. The van der Waals surface area contributed by atoms with Gasteiger partial charge in [-0.25, -0.2) is 4.98 Å². The molecule has 0 saturated heterocycles. The molecule has 0 bridgehead atoms. The highest BCUT2D eigenvalue weighted by Crippen LogP contribution is 2.32. The van der Waals surface area contributed by atoms with Gasteiger partial charge in [-0.15, -0.1) is 0 Å². The first-order valence-corrected chi connectivity index (χ1v) is 10.2. The van der Waals surface area contributed by atoms with E-state index >= 15 is 0 Å². The van der Waals surface area contributed by atoms with E-state index < -0.39 is 30.2 Å². The number of hydrogen-bond donors (Lipinski definition) is 0. The maximum absolute atomic E-state index is 13.1. The Morgan fingerprint density at radius 2 is 1.97 bits per heavy atom. The van der Waals surface area contributed by atoms with Crippen molar-refractivity contribution in [3.05, 3.63) is 52.7 Å². The number of benzene rings is 1. The van der Waals surface area contributed by atoms with E-state index in [-0.39, 0.29) is 18.0 Å². The Morgan fingerprint density at radius 3 is 2.58 bits per heavy atom. The van der Waals surface area contributed by atoms with E-state index in [1.165, 1.54) is 6.07 Å². The van der Waals surface area contributed by atoms with E-state index in [1.807, 2.05) is 6.07 Å². The van der Waals surface area contributed by atoms with Gasteiger partial charge in [-0.05, 0) is 50.6 Å². The molecule has 164 valence electrons. The topological polar surface area (TPSA) is 83.3 Å². The van der Waals surface area contributed by atoms with Crippen LogP contribution in [0.1, 0.15) is 29.3 Å². The number of carbonyl (C=O) groups is 2. The third kappa shape index (κ3) is 6.46. The molecule has 10 heteroatoms. The van der Waals surface area contributed by atoms with Gasteiger partial charge in [0.2, 0.25) is 5.91 Å². The Bertz CT molecular complexity index is 1020. The van der Waals surface area contributed by atoms with Crippen molar-refractivity contribution in [3.63, 3.8) is 0 Å². The van der Waals surface area contributed by atoms with Crippen LogP contribution in [0.4, 0.5) is 18.9 Å². The number of ether oxygens (including phenoxy) is 1. The van der Waals surface area contributed by atoms with Crippen LogP contribution in [0.15, 0.2) is 35.4 Å². The molecule has 1 aromatic carbocycles. The van der Waals surface area contributed by atoms with E-state index in [2.05, 4.69) is 4.98 Å². The summed E-state index contributed by atoms with van der Waals surface area (Å²) in [5.41, 5.74) is 0.655. The van der Waals surface area contributed by atoms with E-state index in [4.69, 9.17) is 4.74 Å². The zero-order chi connectivity index (χ0) is 23.2. The smallest absolute Gasteiger partial charge is 0.416 e. The third-order valence-electron chi connectivity index (χ3n) is 4.13. The van der Waals surface area contributed by atoms with Crippen molar-refractivity contribution in [1.29, 1.82) is 5.26 Å². The lowest BCUT2D eigenvalue weighted by atomic mass is 10.1. The molecule has 31 heavy (non-hydrogen) atoms. The molecule has 0 saturated carbocycles. The molecule has 0 radical (unpaired) electrons. The highest BCUT2D eigenvalue weighted by molar-refractivity contribution is 8.00. The summed E-state index contributed by atoms with van der Waals surface area (Å²) in [6.07, 6.45) is -4.60. The van der Waals surface area contributed by atoms with Gasteiger partial charge in [0.05, 0.1) is 23.5 Å². The summed E-state index contributed by atoms with van der Waals surface area (Å²) >= 11 is 0.982. The minimum absolute atomic E-state index is 0.0657. The zero-order valence-electron chi connectivity index (χ0n) is 17.1. The number of aryl methyl sites for hydroxylation is 2. The first-order valence-electron chi connectivity index (χ1n) is 9.21. The normalized spacial score (nSPS) is 11.0. The van der Waals surface area contributed by atoms with Crippen molar-refractivity contribution in [1.82, 2.24) is 4.98 Å². The molecular weight excluding hydrogens is 431 g/mol. The van der Waals surface area contributed by atoms with Gasteiger partial charge in [0.15, 0.2) is 0 Å². The summed E-state index contributed by atoms with van der Waals surface area (Å²) in [4.78, 5) is 30.1. The zero-order valence-corrected chi connectivity index (χ0v) is 17.9. The van der Waals surface area contributed by atoms with Crippen molar-refractivity contribution in [2.75, 3.05) is 23.8 Å². The van der Waals surface area contributed by atoms with Crippen LogP contribution in [-0.4, -0.2) is 35.8 Å². The monoisotopic (exact) mass is 451 g/mol. The number of nitriles is 1. The highest BCUT2D eigenvalue weighted by Gasteiger charge is 2.31. The molecule has 0 fully saturated rings. The average Bonchev–Trinajstić information content (AvgIpc) is 2.69. The van der Waals surface area contributed by atoms with Crippen molar-refractivity contribution < 1.29 is 27.5 Å². The molecule has 2 rings (SSSR count). The quantitative estimate of drug-likeness (QED) is 0.462. The van der Waals surface area contributed by atoms with E-state index in [0.717, 1.165) is 34.9 Å². The summed E-state index contributed by atoms with van der Waals surface area (Å²) in [7, 11) is 0. The van der Waals surface area contributed by atoms with Gasteiger partial charge < -0.3 is 9.64 Å². The van der Waals surface area contributed by atoms with Crippen molar-refractivity contribution in [3.8, 4) is 6.07 Å². The first kappa shape index (κ1) is 24.2. The molecule has 0 N–H and O–H groups in total. The van der Waals surface area contributed by atoms with Gasteiger partial charge in [-0.2, -0.15) is 18.4 Å². The van der Waals surface area contributed by atoms with Crippen LogP contribution >= 0.6 is 11.8 Å². The Kier molecular flexibility index (Phi) is 8.05. The fourth-order valence-corrected chi connectivity index (χ4v) is 3.74. The second-order valence-corrected chi connectivity index (χ2v) is 7.46. The number of alkyl halides is 3. The number of amides is 1. The van der Waals surface area contributed by atoms with Crippen LogP contribution in [-0.2, 0) is 20.5 Å². The number of esters is 1. The maximum Gasteiger partial charge on any atom is 0.416 e. The molecule has 1 aromatic heterocycles. The predicted octanol–water partition coefficient (Wildman–Crippen LogP) is 4.28. The highest BCUT2D eigenvalue weighted by atomic mass is 32.2. The first-order chi connectivity index (χ1) is 14.6. The number of aromatic nitrogens is 1. The summed E-state index contributed by atoms with van der Waals surface area (Å²) in [5, 5.41) is 9.70. The van der Waals surface area contributed by atoms with Crippen LogP contribution in [0.3, 0.4) is 0 Å². The Morgan fingerprint density at radius 1 is 1.26 bits per heavy atom. The molecule has 0 atom stereocenters. The Labute approximate surface area is 182 Å². The lowest BCUT2D eigenvalue weighted by Crippen LogP contribution is -2.38. The van der Waals surface area contributed by atoms with Gasteiger partial charge in [0.1, 0.15) is 17.6 Å². The molecular formula is C21H20F3N3O3S. The van der Waals surface area contributed by atoms with Crippen LogP contribution in [0, 0.1) is 25.2 Å². The SMILES string of the molecule is CCOC(=O)CN(C(=O)CSc1nc(C)cc(C)c1C#N)c1cccc(C(F)(F)F)c1. The van der Waals surface area contributed by atoms with Crippen molar-refractivity contribution in [2.45, 2.75) is 32.0 Å². The van der Waals surface area contributed by atoms with Gasteiger partial charge in [0.25, 0.3) is 0 Å². The molecule has 1 heterocycles. The second-order valence-electron chi connectivity index (χ2n) is 6.49. The lowest BCUT2D eigenvalue weighted by Gasteiger charge is -2.23. The van der Waals surface area contributed by atoms with E-state index in [0.29, 0.717) is 21.8 Å². The Hall–Kier alpha value is -3.06. The van der Waals surface area contributed by atoms with E-state index in [9.17, 15) is 28.0 Å². The Balaban J connectivity index is 2.32. The standard InChI is InChI=1S/C21H20F3N3O3S/c1-4-30-19(29)11-27(16-7-5-6-15(9-16)21(22,23)24)18(28)12-31-20-17(10-25)13(2)8-14(3)26-20/h5-9H,4,11-12H2,1-3H3.